The molecule has 28 heavy (non-hydrogen) atoms. The van der Waals surface area contributed by atoms with E-state index in [-0.39, 0.29) is 5.91 Å². The molecule has 3 aromatic rings. The van der Waals surface area contributed by atoms with Crippen molar-refractivity contribution in [1.29, 1.82) is 0 Å². The molecule has 144 valence electrons. The van der Waals surface area contributed by atoms with Gasteiger partial charge >= 0.3 is 0 Å². The third kappa shape index (κ3) is 3.27. The third-order valence-corrected chi connectivity index (χ3v) is 7.02. The summed E-state index contributed by atoms with van der Waals surface area (Å²) in [5, 5.41) is 0.678. The highest BCUT2D eigenvalue weighted by molar-refractivity contribution is 7.20. The van der Waals surface area contributed by atoms with Gasteiger partial charge in [-0.1, -0.05) is 35.6 Å². The zero-order chi connectivity index (χ0) is 19.1. The van der Waals surface area contributed by atoms with E-state index < -0.39 is 0 Å². The lowest BCUT2D eigenvalue weighted by molar-refractivity contribution is -0.913. The number of benzene rings is 2. The van der Waals surface area contributed by atoms with E-state index in [9.17, 15) is 4.79 Å². The number of carbonyl (C=O) groups excluding carboxylic acids is 1. The number of carbonyl (C=O) groups is 1. The van der Waals surface area contributed by atoms with Crippen molar-refractivity contribution < 1.29 is 14.0 Å². The van der Waals surface area contributed by atoms with Crippen molar-refractivity contribution in [3.63, 3.8) is 0 Å². The number of ether oxygens (including phenoxy) is 1. The van der Waals surface area contributed by atoms with Crippen LogP contribution in [0.25, 0.3) is 10.2 Å². The molecule has 2 saturated heterocycles. The Kier molecular flexibility index (Phi) is 4.33. The number of amides is 1. The van der Waals surface area contributed by atoms with E-state index in [0.717, 1.165) is 53.0 Å². The second-order valence-electron chi connectivity index (χ2n) is 7.99. The molecule has 2 aliphatic rings. The van der Waals surface area contributed by atoms with Gasteiger partial charge in [-0.15, -0.1) is 0 Å². The highest BCUT2D eigenvalue weighted by Crippen LogP contribution is 2.33. The molecule has 0 N–H and O–H groups in total. The fourth-order valence-electron chi connectivity index (χ4n) is 4.59. The van der Waals surface area contributed by atoms with Crippen LogP contribution < -0.4 is 4.74 Å². The van der Waals surface area contributed by atoms with Gasteiger partial charge in [0.15, 0.2) is 6.67 Å². The van der Waals surface area contributed by atoms with Gasteiger partial charge in [0, 0.05) is 19.8 Å². The molecule has 2 fully saturated rings. The maximum Gasteiger partial charge on any atom is 0.279 e. The van der Waals surface area contributed by atoms with E-state index >= 15 is 0 Å². The topological polar surface area (TPSA) is 42.4 Å². The number of aromatic nitrogens is 1. The lowest BCUT2D eigenvalue weighted by Crippen LogP contribution is -2.50. The van der Waals surface area contributed by atoms with Gasteiger partial charge in [0.1, 0.15) is 12.3 Å². The number of hydrogen-bond donors (Lipinski definition) is 0. The van der Waals surface area contributed by atoms with Gasteiger partial charge in [-0.2, -0.15) is 0 Å². The van der Waals surface area contributed by atoms with Crippen molar-refractivity contribution in [3.05, 3.63) is 54.1 Å². The van der Waals surface area contributed by atoms with Gasteiger partial charge in [-0.25, -0.2) is 4.98 Å². The molecule has 0 saturated carbocycles. The molecule has 2 bridgehead atoms. The molecular weight excluding hydrogens is 370 g/mol. The number of quaternary nitrogens is 1. The van der Waals surface area contributed by atoms with Crippen molar-refractivity contribution in [2.24, 2.45) is 0 Å². The van der Waals surface area contributed by atoms with Crippen LogP contribution in [0.4, 0.5) is 0 Å². The highest BCUT2D eigenvalue weighted by atomic mass is 32.1. The zero-order valence-corrected chi connectivity index (χ0v) is 16.8. The molecule has 0 radical (unpaired) electrons. The van der Waals surface area contributed by atoms with Crippen LogP contribution in [-0.4, -0.2) is 52.6 Å². The molecule has 2 aromatic carbocycles. The monoisotopic (exact) mass is 394 g/mol. The summed E-state index contributed by atoms with van der Waals surface area (Å²) < 4.78 is 8.14. The second-order valence-corrected chi connectivity index (χ2v) is 8.98. The Morgan fingerprint density at radius 2 is 2.07 bits per heavy atom. The molecule has 1 aromatic heterocycles. The number of para-hydroxylation sites is 1. The molecule has 0 spiro atoms. The maximum atomic E-state index is 11.8. The summed E-state index contributed by atoms with van der Waals surface area (Å²) in [6, 6.07) is 16.9. The van der Waals surface area contributed by atoms with Gasteiger partial charge < -0.3 is 9.22 Å². The van der Waals surface area contributed by atoms with E-state index in [1.807, 2.05) is 30.3 Å². The molecular formula is C22H24N3O2S+. The summed E-state index contributed by atoms with van der Waals surface area (Å²) in [7, 11) is 0. The fraction of sp³-hybridized carbons (Fsp3) is 0.364. The molecule has 2 aliphatic heterocycles. The summed E-state index contributed by atoms with van der Waals surface area (Å²) in [4.78, 5) is 18.4. The maximum absolute atomic E-state index is 11.8. The minimum absolute atomic E-state index is 0.223. The Labute approximate surface area is 168 Å². The number of nitrogens with zero attached hydrogens (tertiary/aromatic N) is 3. The molecule has 3 heterocycles. The predicted octanol–water partition coefficient (Wildman–Crippen LogP) is 4.04. The normalized spacial score (nSPS) is 23.5. The van der Waals surface area contributed by atoms with Crippen molar-refractivity contribution >= 4 is 27.5 Å². The molecule has 0 unspecified atom stereocenters. The van der Waals surface area contributed by atoms with Crippen LogP contribution in [0.15, 0.2) is 48.5 Å². The smallest absolute Gasteiger partial charge is 0.279 e. The van der Waals surface area contributed by atoms with Gasteiger partial charge in [0.2, 0.25) is 5.91 Å². The van der Waals surface area contributed by atoms with Crippen molar-refractivity contribution in [2.75, 3.05) is 26.3 Å². The lowest BCUT2D eigenvalue weighted by Gasteiger charge is -2.34. The first kappa shape index (κ1) is 17.6. The summed E-state index contributed by atoms with van der Waals surface area (Å²) in [5.74, 6) is 1.04. The zero-order valence-electron chi connectivity index (χ0n) is 16.0. The van der Waals surface area contributed by atoms with Gasteiger partial charge in [-0.05, 0) is 29.8 Å². The fourth-order valence-corrected chi connectivity index (χ4v) is 5.43. The van der Waals surface area contributed by atoms with Crippen LogP contribution in [-0.2, 0) is 11.2 Å². The van der Waals surface area contributed by atoms with Crippen molar-refractivity contribution in [1.82, 2.24) is 9.88 Å². The number of rotatable bonds is 5. The number of fused-ring (bicyclic) bond motifs is 3. The Hall–Kier alpha value is -2.44. The Morgan fingerprint density at radius 3 is 2.82 bits per heavy atom. The molecule has 5 nitrogen and oxygen atoms in total. The first-order valence-corrected chi connectivity index (χ1v) is 10.7. The van der Waals surface area contributed by atoms with E-state index in [1.165, 1.54) is 12.1 Å². The van der Waals surface area contributed by atoms with Crippen LogP contribution in [0.5, 0.6) is 10.9 Å². The Balaban J connectivity index is 1.22. The van der Waals surface area contributed by atoms with Crippen molar-refractivity contribution in [2.45, 2.75) is 25.8 Å². The van der Waals surface area contributed by atoms with E-state index in [1.54, 1.807) is 18.3 Å². The molecule has 2 atom stereocenters. The largest absolute Gasteiger partial charge is 0.431 e. The minimum Gasteiger partial charge on any atom is -0.431 e. The average molecular weight is 395 g/mol. The summed E-state index contributed by atoms with van der Waals surface area (Å²) in [5.41, 5.74) is 2.29. The summed E-state index contributed by atoms with van der Waals surface area (Å²) in [6.45, 7) is 6.01. The summed E-state index contributed by atoms with van der Waals surface area (Å²) in [6.07, 6.45) is 2.18. The van der Waals surface area contributed by atoms with E-state index in [0.29, 0.717) is 11.2 Å². The first-order chi connectivity index (χ1) is 13.6. The van der Waals surface area contributed by atoms with E-state index in [2.05, 4.69) is 28.1 Å². The van der Waals surface area contributed by atoms with Gasteiger partial charge in [0.25, 0.3) is 5.19 Å². The quantitative estimate of drug-likeness (QED) is 0.614. The molecule has 5 rings (SSSR count). The predicted molar refractivity (Wildman–Crippen MR) is 110 cm³/mol. The number of hydrogen-bond acceptors (Lipinski definition) is 4. The second kappa shape index (κ2) is 6.87. The standard InChI is InChI=1S/C22H24N3O2S/c1-16(26)24-15-25(13-11-18(24)14-25)12-10-17-6-8-19(9-7-17)27-22-23-20-4-2-3-5-21(20)28-22/h2-9,18H,10-15H2,1H3/q+1/t18-,25-/m0/s1. The van der Waals surface area contributed by atoms with Crippen molar-refractivity contribution in [3.8, 4) is 10.9 Å². The number of thiazole rings is 1. The minimum atomic E-state index is 0.223. The van der Waals surface area contributed by atoms with Crippen LogP contribution in [0.3, 0.4) is 0 Å². The van der Waals surface area contributed by atoms with Crippen LogP contribution in [0.2, 0.25) is 0 Å². The third-order valence-electron chi connectivity index (χ3n) is 6.11. The van der Waals surface area contributed by atoms with Gasteiger partial charge in [0.05, 0.1) is 29.3 Å². The van der Waals surface area contributed by atoms with Crippen LogP contribution >= 0.6 is 11.3 Å². The van der Waals surface area contributed by atoms with E-state index in [4.69, 9.17) is 4.74 Å². The van der Waals surface area contributed by atoms with Gasteiger partial charge in [-0.3, -0.25) is 9.69 Å². The Morgan fingerprint density at radius 1 is 1.25 bits per heavy atom. The van der Waals surface area contributed by atoms with Crippen LogP contribution in [0.1, 0.15) is 18.9 Å². The molecule has 1 amide bonds. The average Bonchev–Trinajstić information content (AvgIpc) is 3.40. The highest BCUT2D eigenvalue weighted by Gasteiger charge is 2.50. The summed E-state index contributed by atoms with van der Waals surface area (Å²) >= 11 is 1.56. The molecule has 6 heteroatoms. The Bertz CT molecular complexity index is 983. The van der Waals surface area contributed by atoms with Crippen LogP contribution in [0, 0.1) is 0 Å². The SMILES string of the molecule is CC(=O)N1C[N@@+]2(CCc3ccc(Oc4nc5ccccc5s4)cc3)CC[C@H]1C2. The first-order valence-electron chi connectivity index (χ1n) is 9.85. The lowest BCUT2D eigenvalue weighted by atomic mass is 10.1. The molecule has 0 aliphatic carbocycles.